The molecule has 7 heteroatoms. The Bertz CT molecular complexity index is 750. The number of rotatable bonds is 6. The first-order chi connectivity index (χ1) is 13.4. The van der Waals surface area contributed by atoms with E-state index in [1.807, 2.05) is 19.1 Å². The monoisotopic (exact) mass is 386 g/mol. The molecule has 1 aromatic carbocycles. The summed E-state index contributed by atoms with van der Waals surface area (Å²) in [6.45, 7) is 3.44. The first-order valence-electron chi connectivity index (χ1n) is 9.79. The standard InChI is InChI=1S/C21H26N2O5/c1-13-7-9-15(10-8-13)22-19(25)14(2)28-18(24)11-12-23-20(26)16-5-3-4-6-17(16)21(23)27/h7-10,14,16-17H,3-6,11-12H2,1-2H3,(H,22,25)/t14-,16-,17-/m0/s1. The molecule has 1 saturated heterocycles. The van der Waals surface area contributed by atoms with Crippen LogP contribution >= 0.6 is 0 Å². The molecule has 3 rings (SSSR count). The van der Waals surface area contributed by atoms with Crippen molar-refractivity contribution in [1.82, 2.24) is 4.90 Å². The quantitative estimate of drug-likeness (QED) is 0.599. The number of imide groups is 1. The number of carbonyl (C=O) groups is 4. The summed E-state index contributed by atoms with van der Waals surface area (Å²) < 4.78 is 5.16. The number of esters is 1. The molecule has 1 aromatic rings. The number of hydrogen-bond acceptors (Lipinski definition) is 5. The number of ether oxygens (including phenoxy) is 1. The van der Waals surface area contributed by atoms with Gasteiger partial charge in [-0.15, -0.1) is 0 Å². The maximum Gasteiger partial charge on any atom is 0.308 e. The van der Waals surface area contributed by atoms with Gasteiger partial charge < -0.3 is 10.1 Å². The van der Waals surface area contributed by atoms with Gasteiger partial charge in [-0.2, -0.15) is 0 Å². The van der Waals surface area contributed by atoms with Crippen molar-refractivity contribution in [1.29, 1.82) is 0 Å². The Kier molecular flexibility index (Phi) is 6.11. The minimum Gasteiger partial charge on any atom is -0.452 e. The average Bonchev–Trinajstić information content (AvgIpc) is 2.92. The Balaban J connectivity index is 1.47. The van der Waals surface area contributed by atoms with Crippen molar-refractivity contribution in [2.75, 3.05) is 11.9 Å². The lowest BCUT2D eigenvalue weighted by Crippen LogP contribution is -2.35. The van der Waals surface area contributed by atoms with Crippen LogP contribution in [0.25, 0.3) is 0 Å². The van der Waals surface area contributed by atoms with Crippen LogP contribution < -0.4 is 5.32 Å². The van der Waals surface area contributed by atoms with E-state index in [1.165, 1.54) is 11.8 Å². The van der Waals surface area contributed by atoms with E-state index in [9.17, 15) is 19.2 Å². The summed E-state index contributed by atoms with van der Waals surface area (Å²) in [4.78, 5) is 50.3. The predicted octanol–water partition coefficient (Wildman–Crippen LogP) is 2.43. The molecular formula is C21H26N2O5. The largest absolute Gasteiger partial charge is 0.452 e. The van der Waals surface area contributed by atoms with Gasteiger partial charge in [0.2, 0.25) is 11.8 Å². The zero-order valence-corrected chi connectivity index (χ0v) is 16.3. The maximum absolute atomic E-state index is 12.4. The van der Waals surface area contributed by atoms with E-state index in [1.54, 1.807) is 12.1 Å². The molecular weight excluding hydrogens is 360 g/mol. The molecule has 3 amide bonds. The normalized spacial score (nSPS) is 22.6. The summed E-state index contributed by atoms with van der Waals surface area (Å²) >= 11 is 0. The highest BCUT2D eigenvalue weighted by molar-refractivity contribution is 6.05. The van der Waals surface area contributed by atoms with Gasteiger partial charge in [-0.05, 0) is 38.8 Å². The number of anilines is 1. The van der Waals surface area contributed by atoms with Crippen molar-refractivity contribution in [2.24, 2.45) is 11.8 Å². The third kappa shape index (κ3) is 4.40. The first kappa shape index (κ1) is 20.0. The molecule has 1 saturated carbocycles. The molecule has 0 aromatic heterocycles. The van der Waals surface area contributed by atoms with Crippen LogP contribution in [-0.2, 0) is 23.9 Å². The molecule has 2 fully saturated rings. The number of fused-ring (bicyclic) bond motifs is 1. The molecule has 1 heterocycles. The van der Waals surface area contributed by atoms with Crippen molar-refractivity contribution in [3.63, 3.8) is 0 Å². The van der Waals surface area contributed by atoms with Crippen molar-refractivity contribution in [2.45, 2.75) is 52.1 Å². The van der Waals surface area contributed by atoms with Gasteiger partial charge in [0.25, 0.3) is 5.91 Å². The van der Waals surface area contributed by atoms with E-state index in [0.29, 0.717) is 5.69 Å². The second kappa shape index (κ2) is 8.54. The third-order valence-corrected chi connectivity index (χ3v) is 5.47. The molecule has 1 N–H and O–H groups in total. The van der Waals surface area contributed by atoms with Gasteiger partial charge in [0.1, 0.15) is 0 Å². The zero-order chi connectivity index (χ0) is 20.3. The summed E-state index contributed by atoms with van der Waals surface area (Å²) in [5.41, 5.74) is 1.69. The smallest absolute Gasteiger partial charge is 0.308 e. The van der Waals surface area contributed by atoms with Crippen LogP contribution in [0.2, 0.25) is 0 Å². The molecule has 0 bridgehead atoms. The highest BCUT2D eigenvalue weighted by Crippen LogP contribution is 2.37. The lowest BCUT2D eigenvalue weighted by atomic mass is 9.81. The Morgan fingerprint density at radius 1 is 1.11 bits per heavy atom. The molecule has 7 nitrogen and oxygen atoms in total. The van der Waals surface area contributed by atoms with Gasteiger partial charge in [-0.25, -0.2) is 0 Å². The van der Waals surface area contributed by atoms with Crippen LogP contribution in [0.15, 0.2) is 24.3 Å². The van der Waals surface area contributed by atoms with E-state index < -0.39 is 18.0 Å². The van der Waals surface area contributed by atoms with Crippen molar-refractivity contribution in [3.05, 3.63) is 29.8 Å². The highest BCUT2D eigenvalue weighted by atomic mass is 16.5. The van der Waals surface area contributed by atoms with E-state index in [2.05, 4.69) is 5.32 Å². The SMILES string of the molecule is Cc1ccc(NC(=O)[C@H](C)OC(=O)CCN2C(=O)[C@H]3CCCC[C@@H]3C2=O)cc1. The van der Waals surface area contributed by atoms with Gasteiger partial charge in [0.15, 0.2) is 6.10 Å². The Labute approximate surface area is 164 Å². The van der Waals surface area contributed by atoms with Gasteiger partial charge >= 0.3 is 5.97 Å². The Hall–Kier alpha value is -2.70. The fourth-order valence-electron chi connectivity index (χ4n) is 3.84. The lowest BCUT2D eigenvalue weighted by Gasteiger charge is -2.19. The number of amides is 3. The number of aryl methyl sites for hydroxylation is 1. The Morgan fingerprint density at radius 3 is 2.25 bits per heavy atom. The van der Waals surface area contributed by atoms with Crippen LogP contribution in [0, 0.1) is 18.8 Å². The first-order valence-corrected chi connectivity index (χ1v) is 9.79. The number of benzene rings is 1. The Morgan fingerprint density at radius 2 is 1.68 bits per heavy atom. The number of carbonyl (C=O) groups excluding carboxylic acids is 4. The van der Waals surface area contributed by atoms with Crippen LogP contribution in [0.3, 0.4) is 0 Å². The van der Waals surface area contributed by atoms with E-state index in [4.69, 9.17) is 4.74 Å². The van der Waals surface area contributed by atoms with Gasteiger partial charge in [0.05, 0.1) is 18.3 Å². The molecule has 1 aliphatic heterocycles. The summed E-state index contributed by atoms with van der Waals surface area (Å²) in [6.07, 6.45) is 2.33. The summed E-state index contributed by atoms with van der Waals surface area (Å²) in [6, 6.07) is 7.28. The second-order valence-electron chi connectivity index (χ2n) is 7.56. The van der Waals surface area contributed by atoms with Crippen molar-refractivity contribution >= 4 is 29.4 Å². The number of hydrogen-bond donors (Lipinski definition) is 1. The van der Waals surface area contributed by atoms with Gasteiger partial charge in [0, 0.05) is 12.2 Å². The van der Waals surface area contributed by atoms with Crippen LogP contribution in [0.1, 0.15) is 44.6 Å². The van der Waals surface area contributed by atoms with Crippen molar-refractivity contribution < 1.29 is 23.9 Å². The van der Waals surface area contributed by atoms with E-state index in [0.717, 1.165) is 31.2 Å². The molecule has 150 valence electrons. The summed E-state index contributed by atoms with van der Waals surface area (Å²) in [5, 5.41) is 2.68. The summed E-state index contributed by atoms with van der Waals surface area (Å²) in [5.74, 6) is -1.84. The molecule has 3 atom stereocenters. The number of nitrogens with zero attached hydrogens (tertiary/aromatic N) is 1. The van der Waals surface area contributed by atoms with E-state index in [-0.39, 0.29) is 36.6 Å². The van der Waals surface area contributed by atoms with Crippen LogP contribution in [0.4, 0.5) is 5.69 Å². The zero-order valence-electron chi connectivity index (χ0n) is 16.3. The fraction of sp³-hybridized carbons (Fsp3) is 0.524. The number of nitrogens with one attached hydrogen (secondary N) is 1. The molecule has 28 heavy (non-hydrogen) atoms. The molecule has 2 aliphatic rings. The van der Waals surface area contributed by atoms with Crippen LogP contribution in [0.5, 0.6) is 0 Å². The highest BCUT2D eigenvalue weighted by Gasteiger charge is 2.47. The minimum absolute atomic E-state index is 0.00972. The topological polar surface area (TPSA) is 92.8 Å². The minimum atomic E-state index is -0.971. The van der Waals surface area contributed by atoms with Crippen molar-refractivity contribution in [3.8, 4) is 0 Å². The predicted molar refractivity (Wildman–Crippen MR) is 102 cm³/mol. The number of likely N-dealkylation sites (tertiary alicyclic amines) is 1. The third-order valence-electron chi connectivity index (χ3n) is 5.47. The lowest BCUT2D eigenvalue weighted by molar-refractivity contribution is -0.154. The summed E-state index contributed by atoms with van der Waals surface area (Å²) in [7, 11) is 0. The average molecular weight is 386 g/mol. The van der Waals surface area contributed by atoms with Gasteiger partial charge in [-0.1, -0.05) is 30.5 Å². The molecule has 0 spiro atoms. The van der Waals surface area contributed by atoms with Gasteiger partial charge in [-0.3, -0.25) is 24.1 Å². The maximum atomic E-state index is 12.4. The molecule has 1 aliphatic carbocycles. The second-order valence-corrected chi connectivity index (χ2v) is 7.56. The molecule has 0 unspecified atom stereocenters. The van der Waals surface area contributed by atoms with E-state index >= 15 is 0 Å². The van der Waals surface area contributed by atoms with Crippen LogP contribution in [-0.4, -0.2) is 41.2 Å². The fourth-order valence-corrected chi connectivity index (χ4v) is 3.84. The molecule has 0 radical (unpaired) electrons.